The van der Waals surface area contributed by atoms with E-state index in [4.69, 9.17) is 19.3 Å². The van der Waals surface area contributed by atoms with Crippen molar-refractivity contribution in [2.24, 2.45) is 0 Å². The fourth-order valence-corrected chi connectivity index (χ4v) is 3.81. The van der Waals surface area contributed by atoms with Gasteiger partial charge in [0.2, 0.25) is 0 Å². The molecule has 0 radical (unpaired) electrons. The summed E-state index contributed by atoms with van der Waals surface area (Å²) < 4.78 is 54.6. The van der Waals surface area contributed by atoms with Crippen LogP contribution in [0.2, 0.25) is 0 Å². The van der Waals surface area contributed by atoms with Crippen molar-refractivity contribution in [3.8, 4) is 0 Å². The number of carboxylic acids is 2. The van der Waals surface area contributed by atoms with Gasteiger partial charge in [-0.3, -0.25) is 13.8 Å². The minimum atomic E-state index is -4.60. The van der Waals surface area contributed by atoms with Crippen molar-refractivity contribution in [2.45, 2.75) is 62.6 Å². The number of aliphatic carboxylic acids is 2. The highest BCUT2D eigenvalue weighted by Crippen LogP contribution is 2.43. The number of halogens is 3. The number of unbranched alkanes of at least 4 members (excludes halogenated alkanes) is 2. The van der Waals surface area contributed by atoms with Gasteiger partial charge in [0, 0.05) is 0 Å². The van der Waals surface area contributed by atoms with Crippen LogP contribution in [0.1, 0.15) is 46.0 Å². The molecular weight excluding hydrogens is 546 g/mol. The predicted molar refractivity (Wildman–Crippen MR) is 143 cm³/mol. The van der Waals surface area contributed by atoms with Gasteiger partial charge in [-0.2, -0.15) is 62.0 Å². The molecule has 0 spiro atoms. The van der Waals surface area contributed by atoms with Crippen LogP contribution >= 0.6 is 59.7 Å². The van der Waals surface area contributed by atoms with Gasteiger partial charge in [-0.1, -0.05) is 20.3 Å². The molecule has 0 aromatic rings. The van der Waals surface area contributed by atoms with E-state index in [1.54, 1.807) is 0 Å². The molecule has 2 atom stereocenters. The van der Waals surface area contributed by atoms with Gasteiger partial charge in [0.25, 0.3) is 0 Å². The van der Waals surface area contributed by atoms with Gasteiger partial charge in [0.15, 0.2) is 0 Å². The van der Waals surface area contributed by atoms with E-state index in [1.807, 2.05) is 18.0 Å². The van der Waals surface area contributed by atoms with E-state index in [0.717, 1.165) is 50.7 Å². The highest BCUT2D eigenvalue weighted by atomic mass is 32.3. The highest BCUT2D eigenvalue weighted by Gasteiger charge is 2.37. The van der Waals surface area contributed by atoms with E-state index >= 15 is 0 Å². The van der Waals surface area contributed by atoms with E-state index < -0.39 is 40.0 Å². The van der Waals surface area contributed by atoms with Gasteiger partial charge in [-0.05, 0) is 49.7 Å². The molecule has 0 aromatic heterocycles. The maximum absolute atomic E-state index is 11.4. The van der Waals surface area contributed by atoms with Crippen molar-refractivity contribution < 1.29 is 46.3 Å². The molecule has 0 amide bonds. The first kappa shape index (κ1) is 40.5. The van der Waals surface area contributed by atoms with Crippen LogP contribution in [0.25, 0.3) is 0 Å². The number of carbonyl (C=O) groups is 2. The van der Waals surface area contributed by atoms with Crippen LogP contribution in [0, 0.1) is 0 Å². The largest absolute Gasteiger partial charge is 0.480 e. The van der Waals surface area contributed by atoms with Gasteiger partial charge in [-0.15, -0.1) is 0 Å². The van der Waals surface area contributed by atoms with Crippen LogP contribution in [0.4, 0.5) is 13.2 Å². The average molecular weight is 585 g/mol. The Morgan fingerprint density at radius 1 is 1.03 bits per heavy atom. The number of carboxylic acid groups (broad SMARTS) is 2. The average Bonchev–Trinajstić information content (AvgIpc) is 2.67. The van der Waals surface area contributed by atoms with E-state index in [-0.39, 0.29) is 12.7 Å². The Kier molecular flexibility index (Phi) is 29.6. The Bertz CT molecular complexity index is 487. The van der Waals surface area contributed by atoms with Crippen LogP contribution in [0.15, 0.2) is 0 Å². The molecule has 0 saturated heterocycles. The lowest BCUT2D eigenvalue weighted by Gasteiger charge is -2.24. The zero-order valence-electron chi connectivity index (χ0n) is 18.3. The minimum Gasteiger partial charge on any atom is -0.480 e. The molecule has 0 aliphatic heterocycles. The van der Waals surface area contributed by atoms with Crippen molar-refractivity contribution in [3.63, 3.8) is 0 Å². The number of hydrogen-bond acceptors (Lipinski definition) is 9. The summed E-state index contributed by atoms with van der Waals surface area (Å²) in [5, 5.41) is 16.4. The van der Waals surface area contributed by atoms with Crippen molar-refractivity contribution >= 4 is 71.6 Å². The summed E-state index contributed by atoms with van der Waals surface area (Å²) in [5.74, 6) is -1.26. The molecular formula is C18H39F3O7S5. The highest BCUT2D eigenvalue weighted by molar-refractivity contribution is 8.20. The summed E-state index contributed by atoms with van der Waals surface area (Å²) in [7, 11) is -3.10. The van der Waals surface area contributed by atoms with E-state index in [2.05, 4.69) is 35.7 Å². The molecule has 0 aromatic carbocycles. The number of rotatable bonds is 14. The summed E-state index contributed by atoms with van der Waals surface area (Å²) in [4.78, 5) is 20.8. The maximum Gasteiger partial charge on any atom is 0.402 e. The van der Waals surface area contributed by atoms with Crippen LogP contribution in [-0.2, 0) is 13.8 Å². The van der Waals surface area contributed by atoms with Crippen LogP contribution in [-0.4, -0.2) is 84.8 Å². The Morgan fingerprint density at radius 3 is 1.85 bits per heavy atom. The predicted octanol–water partition coefficient (Wildman–Crippen LogP) is 6.30. The van der Waals surface area contributed by atoms with Crippen LogP contribution < -0.4 is 0 Å². The van der Waals surface area contributed by atoms with Gasteiger partial charge in [-0.25, -0.2) is 0 Å². The Labute approximate surface area is 216 Å². The summed E-state index contributed by atoms with van der Waals surface area (Å²) in [6.45, 7) is 0. The summed E-state index contributed by atoms with van der Waals surface area (Å²) >= 11 is 11.1. The van der Waals surface area contributed by atoms with Crippen LogP contribution in [0.3, 0.4) is 0 Å². The maximum atomic E-state index is 11.4. The quantitative estimate of drug-likeness (QED) is 0.103. The fraction of sp³-hybridized carbons (Fsp3) is 0.889. The number of thiol groups is 2. The molecule has 0 fully saturated rings. The molecule has 0 aliphatic carbocycles. The van der Waals surface area contributed by atoms with E-state index in [1.165, 1.54) is 11.8 Å². The molecule has 0 saturated carbocycles. The summed E-state index contributed by atoms with van der Waals surface area (Å²) in [6, 6.07) is 0. The normalized spacial score (nSPS) is 13.3. The summed E-state index contributed by atoms with van der Waals surface area (Å²) in [6.07, 6.45) is 4.78. The van der Waals surface area contributed by atoms with Gasteiger partial charge in [0.05, 0.1) is 23.2 Å². The number of alkyl halides is 3. The van der Waals surface area contributed by atoms with Crippen molar-refractivity contribution in [2.75, 3.05) is 36.9 Å². The second-order valence-electron chi connectivity index (χ2n) is 6.16. The fourth-order valence-electron chi connectivity index (χ4n) is 1.76. The zero-order chi connectivity index (χ0) is 25.8. The van der Waals surface area contributed by atoms with Crippen molar-refractivity contribution in [1.82, 2.24) is 0 Å². The van der Waals surface area contributed by atoms with Crippen molar-refractivity contribution in [1.29, 1.82) is 0 Å². The molecule has 0 heterocycles. The SMILES string of the molecule is C.COS(O)(O)CC(F)(F)F.CSCCCCC(SC)C(=O)O.O=C(O)C(S)CCCCS. The van der Waals surface area contributed by atoms with Gasteiger partial charge >= 0.3 is 18.1 Å². The molecule has 204 valence electrons. The third-order valence-corrected chi connectivity index (χ3v) is 7.15. The molecule has 15 heteroatoms. The van der Waals surface area contributed by atoms with Gasteiger partial charge in [0.1, 0.15) is 11.0 Å². The second kappa shape index (κ2) is 24.1. The topological polar surface area (TPSA) is 124 Å². The van der Waals surface area contributed by atoms with Crippen molar-refractivity contribution in [3.05, 3.63) is 0 Å². The third-order valence-electron chi connectivity index (χ3n) is 3.41. The van der Waals surface area contributed by atoms with Crippen LogP contribution in [0.5, 0.6) is 0 Å². The van der Waals surface area contributed by atoms with E-state index in [0.29, 0.717) is 6.42 Å². The standard InChI is InChI=1S/C8H16O2S2.C6H12O2S2.C3H7F3O3S.CH4/c1-11-6-4-3-5-7(12-2)8(9)10;7-6(8)5(10)3-1-2-4-9;1-9-10(7,8)2-3(4,5)6;/h7H,3-6H2,1-2H3,(H,9,10);5,9-10H,1-4H2,(H,7,8);7-8H,2H2,1H3;1H4. The Balaban J connectivity index is -0.000000189. The number of thioether (sulfide) groups is 2. The Hall–Kier alpha value is 0.360. The molecule has 4 N–H and O–H groups in total. The second-order valence-corrected chi connectivity index (χ2v) is 11.1. The molecule has 0 aliphatic rings. The zero-order valence-corrected chi connectivity index (χ0v) is 22.5. The molecule has 0 bridgehead atoms. The first-order valence-corrected chi connectivity index (χ1v) is 14.8. The Morgan fingerprint density at radius 2 is 1.55 bits per heavy atom. The first-order chi connectivity index (χ1) is 14.7. The monoisotopic (exact) mass is 584 g/mol. The third kappa shape index (κ3) is 32.4. The lowest BCUT2D eigenvalue weighted by atomic mass is 10.2. The van der Waals surface area contributed by atoms with Gasteiger partial charge < -0.3 is 19.3 Å². The first-order valence-electron chi connectivity index (χ1n) is 9.31. The minimum absolute atomic E-state index is 0. The number of hydrogen-bond donors (Lipinski definition) is 6. The molecule has 2 unspecified atom stereocenters. The lowest BCUT2D eigenvalue weighted by Crippen LogP contribution is -2.20. The molecule has 33 heavy (non-hydrogen) atoms. The molecule has 7 nitrogen and oxygen atoms in total. The summed E-state index contributed by atoms with van der Waals surface area (Å²) in [5.41, 5.74) is 0. The molecule has 0 rings (SSSR count). The van der Waals surface area contributed by atoms with E-state index in [9.17, 15) is 22.8 Å². The smallest absolute Gasteiger partial charge is 0.402 e. The lowest BCUT2D eigenvalue weighted by molar-refractivity contribution is -0.137.